The van der Waals surface area contributed by atoms with E-state index in [1.807, 2.05) is 0 Å². The topological polar surface area (TPSA) is 399 Å². The fraction of sp³-hybridized carbons (Fsp3) is 0.867. The average molecular weight is 1320 g/mol. The summed E-state index contributed by atoms with van der Waals surface area (Å²) < 4.78 is 137. The number of aromatic hydroxyl groups is 2. The van der Waals surface area contributed by atoms with Crippen LogP contribution in [0.3, 0.4) is 0 Å². The maximum atomic E-state index is 13.4. The lowest BCUT2D eigenvalue weighted by Gasteiger charge is -2.51. The quantitative estimate of drug-likeness (QED) is 0.0888. The van der Waals surface area contributed by atoms with Crippen LogP contribution < -0.4 is 0 Å². The molecule has 1 aromatic rings. The van der Waals surface area contributed by atoms with E-state index in [1.165, 1.54) is 48.2 Å². The molecule has 1 aromatic carbocycles. The van der Waals surface area contributed by atoms with Gasteiger partial charge in [-0.25, -0.2) is 4.79 Å². The maximum absolute atomic E-state index is 13.4. The second-order valence-corrected chi connectivity index (χ2v) is 26.0. The fourth-order valence-corrected chi connectivity index (χ4v) is 14.5. The van der Waals surface area contributed by atoms with Gasteiger partial charge in [0.05, 0.1) is 74.4 Å². The van der Waals surface area contributed by atoms with Gasteiger partial charge in [0.2, 0.25) is 6.29 Å². The number of hydrogen-bond donors (Lipinski definition) is 8. The molecular weight excluding hydrogens is 1230 g/mol. The number of phenolic OH excluding ortho intramolecular Hbond substituents is 2. The van der Waals surface area contributed by atoms with Gasteiger partial charge < -0.3 is 145 Å². The predicted octanol–water partition coefficient (Wildman–Crippen LogP) is -0.766. The zero-order chi connectivity index (χ0) is 66.4. The number of esters is 2. The Kier molecular flexibility index (Phi) is 20.7. The largest absolute Gasteiger partial charge is 0.508 e. The normalized spacial score (nSPS) is 48.9. The van der Waals surface area contributed by atoms with Gasteiger partial charge in [0.25, 0.3) is 5.97 Å². The second kappa shape index (κ2) is 27.2. The number of hydrogen-bond acceptors (Lipinski definition) is 32. The number of benzene rings is 1. The van der Waals surface area contributed by atoms with E-state index in [9.17, 15) is 50.4 Å². The standard InChI is InChI=1S/C60H90O32/c1-22(2)52(68)84-48-45-35(89-60(90-45)51-50(75-21-76-51)59(70,28(8)61)29(9)88-60)20-74-55(48)86-56-47(73-13)39(66)44(34(80-56)19-71-11)85-54-40(67)46(43(72-12)25(5)79-54)82-37-18-57(10)49(27(7)78-37)91-58(92-57)17-33(65)42(26(6)87-58)81-36-16-32(64)41(24(4)77-36)83-53(69)38-23(3)14-30(62)15-31(38)63/h14-15,22,24-29,32-37,39-51,54-56,61-67,70H,16-21H2,1-13H3. The van der Waals surface area contributed by atoms with Gasteiger partial charge in [-0.05, 0) is 67.0 Å². The van der Waals surface area contributed by atoms with Crippen LogP contribution in [0.25, 0.3) is 0 Å². The lowest BCUT2D eigenvalue weighted by Crippen LogP contribution is -2.72. The van der Waals surface area contributed by atoms with E-state index >= 15 is 0 Å². The van der Waals surface area contributed by atoms with Crippen LogP contribution in [0, 0.1) is 12.8 Å². The van der Waals surface area contributed by atoms with Gasteiger partial charge in [0.1, 0.15) is 108 Å². The molecule has 8 N–H and O–H groups in total. The molecular formula is C60H90O32. The highest BCUT2D eigenvalue weighted by atomic mass is 16.9. The summed E-state index contributed by atoms with van der Waals surface area (Å²) in [5.41, 5.74) is -3.03. The summed E-state index contributed by atoms with van der Waals surface area (Å²) in [6, 6.07) is 2.30. The van der Waals surface area contributed by atoms with E-state index in [2.05, 4.69) is 0 Å². The highest BCUT2D eigenvalue weighted by Gasteiger charge is 2.73. The Balaban J connectivity index is 0.724. The van der Waals surface area contributed by atoms with Gasteiger partial charge in [-0.1, -0.05) is 13.8 Å². The molecule has 10 saturated heterocycles. The summed E-state index contributed by atoms with van der Waals surface area (Å²) in [5, 5.41) is 89.9. The first-order valence-corrected chi connectivity index (χ1v) is 31.3. The minimum atomic E-state index is -2.03. The first kappa shape index (κ1) is 70.1. The molecule has 0 aromatic heterocycles. The predicted molar refractivity (Wildman–Crippen MR) is 299 cm³/mol. The van der Waals surface area contributed by atoms with E-state index in [0.29, 0.717) is 0 Å². The van der Waals surface area contributed by atoms with Crippen LogP contribution in [0.5, 0.6) is 11.5 Å². The monoisotopic (exact) mass is 1320 g/mol. The summed E-state index contributed by atoms with van der Waals surface area (Å²) in [7, 11) is 4.12. The van der Waals surface area contributed by atoms with Gasteiger partial charge >= 0.3 is 17.9 Å². The maximum Gasteiger partial charge on any atom is 0.342 e. The van der Waals surface area contributed by atoms with Crippen molar-refractivity contribution in [1.29, 1.82) is 0 Å². The first-order chi connectivity index (χ1) is 43.5. The van der Waals surface area contributed by atoms with Gasteiger partial charge in [-0.2, -0.15) is 0 Å². The zero-order valence-corrected chi connectivity index (χ0v) is 53.5. The van der Waals surface area contributed by atoms with Gasteiger partial charge in [-0.3, -0.25) is 4.79 Å². The third kappa shape index (κ3) is 13.0. The number of methoxy groups -OCH3 is 3. The van der Waals surface area contributed by atoms with E-state index in [-0.39, 0.29) is 56.1 Å². The van der Waals surface area contributed by atoms with Crippen molar-refractivity contribution in [3.8, 4) is 11.5 Å². The third-order valence-corrected chi connectivity index (χ3v) is 19.1. The fourth-order valence-electron chi connectivity index (χ4n) is 14.5. The lowest BCUT2D eigenvalue weighted by molar-refractivity contribution is -0.439. The minimum Gasteiger partial charge on any atom is -0.508 e. The van der Waals surface area contributed by atoms with Gasteiger partial charge in [0, 0.05) is 40.2 Å². The molecule has 92 heavy (non-hydrogen) atoms. The smallest absolute Gasteiger partial charge is 0.342 e. The Morgan fingerprint density at radius 1 is 0.652 bits per heavy atom. The molecule has 522 valence electrons. The molecule has 10 aliphatic rings. The van der Waals surface area contributed by atoms with Crippen molar-refractivity contribution in [3.05, 3.63) is 23.3 Å². The first-order valence-electron chi connectivity index (χ1n) is 31.3. The molecule has 0 saturated carbocycles. The molecule has 0 aliphatic carbocycles. The van der Waals surface area contributed by atoms with E-state index in [4.69, 9.17) is 104 Å². The summed E-state index contributed by atoms with van der Waals surface area (Å²) in [6.07, 6.45) is -33.4. The highest BCUT2D eigenvalue weighted by Crippen LogP contribution is 2.53. The molecule has 32 heteroatoms. The molecule has 0 bridgehead atoms. The van der Waals surface area contributed by atoms with Crippen LogP contribution in [-0.2, 0) is 109 Å². The van der Waals surface area contributed by atoms with Crippen molar-refractivity contribution in [2.75, 3.05) is 41.3 Å². The average Bonchev–Trinajstić information content (AvgIpc) is 1.52. The Hall–Kier alpha value is -3.28. The van der Waals surface area contributed by atoms with Crippen molar-refractivity contribution in [2.24, 2.45) is 5.92 Å². The molecule has 10 heterocycles. The molecule has 32 nitrogen and oxygen atoms in total. The molecule has 10 fully saturated rings. The lowest BCUT2D eigenvalue weighted by atomic mass is 9.80. The minimum absolute atomic E-state index is 0.0125. The number of carbonyl (C=O) groups excluding carboxylic acids is 2. The molecule has 10 aliphatic heterocycles. The number of rotatable bonds is 17. The van der Waals surface area contributed by atoms with Crippen LogP contribution in [0.2, 0.25) is 0 Å². The SMILES string of the molecule is COCC1OC(OC2OCC3OC4(OC3C2OC(=O)C(C)C)OC(C)C(O)(C(C)O)C2OCOC24)C(OC)C(O)C1OC1OC(C)C(OC)C(OC2CC3(C)OC4(CC(O)C(OC5CC(O)C(OC(=O)c6c(C)cc(O)cc6O)C(C)O5)C(C)O4)OC3C(C)O2)C1O. The van der Waals surface area contributed by atoms with Crippen LogP contribution in [-0.4, -0.2) is 289 Å². The number of ether oxygens (including phenoxy) is 22. The number of fused-ring (bicyclic) bond motifs is 4. The Morgan fingerprint density at radius 2 is 1.35 bits per heavy atom. The molecule has 32 unspecified atom stereocenters. The molecule has 0 amide bonds. The number of phenols is 2. The molecule has 11 rings (SSSR count). The van der Waals surface area contributed by atoms with Crippen molar-refractivity contribution in [3.63, 3.8) is 0 Å². The number of carbonyl (C=O) groups is 2. The Labute approximate surface area is 530 Å². The number of aliphatic hydroxyl groups is 6. The van der Waals surface area contributed by atoms with Crippen LogP contribution in [0.1, 0.15) is 97.5 Å². The third-order valence-electron chi connectivity index (χ3n) is 19.1. The van der Waals surface area contributed by atoms with Crippen molar-refractivity contribution >= 4 is 11.9 Å². The van der Waals surface area contributed by atoms with E-state index in [1.54, 1.807) is 48.5 Å². The number of aliphatic hydroxyl groups excluding tert-OH is 5. The number of aryl methyl sites for hydroxylation is 1. The summed E-state index contributed by atoms with van der Waals surface area (Å²) in [4.78, 5) is 26.6. The second-order valence-electron chi connectivity index (χ2n) is 26.0. The van der Waals surface area contributed by atoms with Crippen molar-refractivity contribution in [2.45, 2.75) is 283 Å². The zero-order valence-electron chi connectivity index (χ0n) is 53.5. The Bertz CT molecular complexity index is 2680. The molecule has 32 atom stereocenters. The van der Waals surface area contributed by atoms with Gasteiger partial charge in [-0.15, -0.1) is 0 Å². The summed E-state index contributed by atoms with van der Waals surface area (Å²) in [5.74, 6) is -6.77. The summed E-state index contributed by atoms with van der Waals surface area (Å²) in [6.45, 7) is 15.4. The Morgan fingerprint density at radius 3 is 2.01 bits per heavy atom. The van der Waals surface area contributed by atoms with Crippen LogP contribution >= 0.6 is 0 Å². The van der Waals surface area contributed by atoms with E-state index in [0.717, 1.165) is 6.07 Å². The van der Waals surface area contributed by atoms with Crippen LogP contribution in [0.15, 0.2) is 12.1 Å². The van der Waals surface area contributed by atoms with Crippen LogP contribution in [0.4, 0.5) is 0 Å². The highest BCUT2D eigenvalue weighted by molar-refractivity contribution is 5.94. The van der Waals surface area contributed by atoms with E-state index < -0.39 is 219 Å². The van der Waals surface area contributed by atoms with Crippen molar-refractivity contribution in [1.82, 2.24) is 0 Å². The summed E-state index contributed by atoms with van der Waals surface area (Å²) >= 11 is 0. The molecule has 2 spiro atoms. The van der Waals surface area contributed by atoms with Crippen molar-refractivity contribution < 1.29 is 155 Å². The van der Waals surface area contributed by atoms with Gasteiger partial charge in [0.15, 0.2) is 43.5 Å². The molecule has 0 radical (unpaired) electrons.